The molecule has 0 saturated carbocycles. The van der Waals surface area contributed by atoms with E-state index in [1.54, 1.807) is 19.1 Å². The zero-order valence-electron chi connectivity index (χ0n) is 11.1. The number of carbonyl (C=O) groups is 1. The Hall–Kier alpha value is -1.51. The van der Waals surface area contributed by atoms with Crippen LogP contribution in [0.15, 0.2) is 48.5 Å². The normalized spacial score (nSPS) is 9.70. The molecule has 0 radical (unpaired) electrons. The third-order valence-electron chi connectivity index (χ3n) is 2.70. The van der Waals surface area contributed by atoms with Gasteiger partial charge in [0.25, 0.3) is 0 Å². The summed E-state index contributed by atoms with van der Waals surface area (Å²) in [7, 11) is 0. The standard InChI is InChI=1S/C16H15ClO2.ClH/c1-12(18)9-14-10-15(17)7-8-16(14)19-11-13-5-3-2-4-6-13;/h2-8,10H,9,11H2,1H3;1H. The summed E-state index contributed by atoms with van der Waals surface area (Å²) in [6.45, 7) is 2.04. The first kappa shape index (κ1) is 16.5. The molecule has 0 bridgehead atoms. The van der Waals surface area contributed by atoms with Crippen molar-refractivity contribution in [1.82, 2.24) is 0 Å². The SMILES string of the molecule is CC(=O)Cc1cc(Cl)ccc1OCc1ccccc1.Cl. The van der Waals surface area contributed by atoms with Crippen molar-refractivity contribution in [1.29, 1.82) is 0 Å². The fourth-order valence-corrected chi connectivity index (χ4v) is 2.03. The van der Waals surface area contributed by atoms with Crippen LogP contribution in [0, 0.1) is 0 Å². The molecule has 0 aliphatic heterocycles. The van der Waals surface area contributed by atoms with Gasteiger partial charge in [0.05, 0.1) is 0 Å². The molecular weight excluding hydrogens is 295 g/mol. The van der Waals surface area contributed by atoms with Crippen LogP contribution in [0.25, 0.3) is 0 Å². The van der Waals surface area contributed by atoms with Crippen LogP contribution >= 0.6 is 24.0 Å². The number of benzene rings is 2. The molecule has 0 aliphatic rings. The molecule has 0 fully saturated rings. The van der Waals surface area contributed by atoms with E-state index in [1.807, 2.05) is 36.4 Å². The minimum atomic E-state index is 0. The van der Waals surface area contributed by atoms with E-state index in [0.29, 0.717) is 23.8 Å². The number of hydrogen-bond donors (Lipinski definition) is 0. The number of ketones is 1. The molecule has 4 heteroatoms. The first-order chi connectivity index (χ1) is 9.15. The van der Waals surface area contributed by atoms with Gasteiger partial charge in [-0.05, 0) is 30.7 Å². The third kappa shape index (κ3) is 4.87. The van der Waals surface area contributed by atoms with Gasteiger partial charge in [0.2, 0.25) is 0 Å². The average Bonchev–Trinajstić information content (AvgIpc) is 2.38. The van der Waals surface area contributed by atoms with Crippen LogP contribution in [-0.2, 0) is 17.8 Å². The van der Waals surface area contributed by atoms with Gasteiger partial charge >= 0.3 is 0 Å². The molecule has 0 N–H and O–H groups in total. The van der Waals surface area contributed by atoms with Crippen LogP contribution in [0.1, 0.15) is 18.1 Å². The smallest absolute Gasteiger partial charge is 0.134 e. The summed E-state index contributed by atoms with van der Waals surface area (Å²) in [6.07, 6.45) is 0.338. The Labute approximate surface area is 130 Å². The Kier molecular flexibility index (Phi) is 6.56. The van der Waals surface area contributed by atoms with E-state index in [4.69, 9.17) is 16.3 Å². The maximum atomic E-state index is 11.3. The van der Waals surface area contributed by atoms with Crippen molar-refractivity contribution >= 4 is 29.8 Å². The highest BCUT2D eigenvalue weighted by Gasteiger charge is 2.07. The van der Waals surface area contributed by atoms with Gasteiger partial charge in [0.1, 0.15) is 18.1 Å². The van der Waals surface area contributed by atoms with Crippen molar-refractivity contribution in [2.75, 3.05) is 0 Å². The van der Waals surface area contributed by atoms with E-state index in [-0.39, 0.29) is 18.2 Å². The van der Waals surface area contributed by atoms with Crippen LogP contribution < -0.4 is 4.74 Å². The van der Waals surface area contributed by atoms with E-state index < -0.39 is 0 Å². The molecular formula is C16H16Cl2O2. The Morgan fingerprint density at radius 1 is 1.15 bits per heavy atom. The van der Waals surface area contributed by atoms with Crippen LogP contribution in [-0.4, -0.2) is 5.78 Å². The van der Waals surface area contributed by atoms with E-state index in [2.05, 4.69) is 0 Å². The number of carbonyl (C=O) groups excluding carboxylic acids is 1. The lowest BCUT2D eigenvalue weighted by molar-refractivity contribution is -0.116. The van der Waals surface area contributed by atoms with Gasteiger partial charge in [0.15, 0.2) is 0 Å². The quantitative estimate of drug-likeness (QED) is 0.814. The van der Waals surface area contributed by atoms with E-state index in [0.717, 1.165) is 11.1 Å². The average molecular weight is 311 g/mol. The lowest BCUT2D eigenvalue weighted by atomic mass is 10.1. The molecule has 2 aromatic carbocycles. The minimum absolute atomic E-state index is 0. The van der Waals surface area contributed by atoms with Crippen LogP contribution in [0.5, 0.6) is 5.75 Å². The lowest BCUT2D eigenvalue weighted by Crippen LogP contribution is -2.02. The zero-order valence-corrected chi connectivity index (χ0v) is 12.7. The summed E-state index contributed by atoms with van der Waals surface area (Å²) < 4.78 is 5.77. The molecule has 2 rings (SSSR count). The van der Waals surface area contributed by atoms with Gasteiger partial charge in [-0.15, -0.1) is 12.4 Å². The summed E-state index contributed by atoms with van der Waals surface area (Å²) in [5.41, 5.74) is 1.92. The number of Topliss-reactive ketones (excluding diaryl/α,β-unsaturated/α-hetero) is 1. The van der Waals surface area contributed by atoms with Crippen molar-refractivity contribution in [3.63, 3.8) is 0 Å². The van der Waals surface area contributed by atoms with Crippen molar-refractivity contribution < 1.29 is 9.53 Å². The third-order valence-corrected chi connectivity index (χ3v) is 2.93. The zero-order chi connectivity index (χ0) is 13.7. The van der Waals surface area contributed by atoms with Gasteiger partial charge in [-0.2, -0.15) is 0 Å². The highest BCUT2D eigenvalue weighted by atomic mass is 35.5. The van der Waals surface area contributed by atoms with Crippen molar-refractivity contribution in [3.8, 4) is 5.75 Å². The topological polar surface area (TPSA) is 26.3 Å². The highest BCUT2D eigenvalue weighted by molar-refractivity contribution is 6.30. The summed E-state index contributed by atoms with van der Waals surface area (Å²) in [6, 6.07) is 15.3. The molecule has 2 aromatic rings. The van der Waals surface area contributed by atoms with Crippen LogP contribution in [0.3, 0.4) is 0 Å². The predicted molar refractivity (Wildman–Crippen MR) is 83.9 cm³/mol. The summed E-state index contributed by atoms with van der Waals surface area (Å²) in [5.74, 6) is 0.801. The van der Waals surface area contributed by atoms with Gasteiger partial charge in [-0.3, -0.25) is 4.79 Å². The molecule has 0 amide bonds. The van der Waals surface area contributed by atoms with Crippen molar-refractivity contribution in [2.45, 2.75) is 20.0 Å². The first-order valence-electron chi connectivity index (χ1n) is 6.10. The second-order valence-electron chi connectivity index (χ2n) is 4.41. The van der Waals surface area contributed by atoms with E-state index in [9.17, 15) is 4.79 Å². The fourth-order valence-electron chi connectivity index (χ4n) is 1.83. The van der Waals surface area contributed by atoms with Gasteiger partial charge in [-0.1, -0.05) is 41.9 Å². The van der Waals surface area contributed by atoms with Crippen LogP contribution in [0.4, 0.5) is 0 Å². The first-order valence-corrected chi connectivity index (χ1v) is 6.47. The largest absolute Gasteiger partial charge is 0.489 e. The molecule has 0 aliphatic carbocycles. The number of halogens is 2. The Balaban J connectivity index is 0.00000200. The van der Waals surface area contributed by atoms with Crippen molar-refractivity contribution in [2.24, 2.45) is 0 Å². The predicted octanol–water partition coefficient (Wildman–Crippen LogP) is 4.47. The van der Waals surface area contributed by atoms with Crippen LogP contribution in [0.2, 0.25) is 5.02 Å². The lowest BCUT2D eigenvalue weighted by Gasteiger charge is -2.11. The number of ether oxygens (including phenoxy) is 1. The Morgan fingerprint density at radius 2 is 1.85 bits per heavy atom. The van der Waals surface area contributed by atoms with Gasteiger partial charge in [-0.25, -0.2) is 0 Å². The van der Waals surface area contributed by atoms with Gasteiger partial charge in [0, 0.05) is 17.0 Å². The molecule has 0 heterocycles. The molecule has 0 atom stereocenters. The monoisotopic (exact) mass is 310 g/mol. The Bertz CT molecular complexity index is 568. The maximum absolute atomic E-state index is 11.3. The molecule has 0 unspecified atom stereocenters. The van der Waals surface area contributed by atoms with E-state index >= 15 is 0 Å². The summed E-state index contributed by atoms with van der Waals surface area (Å²) in [4.78, 5) is 11.3. The molecule has 0 spiro atoms. The fraction of sp³-hybridized carbons (Fsp3) is 0.188. The maximum Gasteiger partial charge on any atom is 0.134 e. The number of hydrogen-bond acceptors (Lipinski definition) is 2. The number of rotatable bonds is 5. The molecule has 20 heavy (non-hydrogen) atoms. The van der Waals surface area contributed by atoms with E-state index in [1.165, 1.54) is 0 Å². The second-order valence-corrected chi connectivity index (χ2v) is 4.84. The highest BCUT2D eigenvalue weighted by Crippen LogP contribution is 2.24. The molecule has 0 saturated heterocycles. The summed E-state index contributed by atoms with van der Waals surface area (Å²) in [5, 5.41) is 0.614. The Morgan fingerprint density at radius 3 is 2.50 bits per heavy atom. The summed E-state index contributed by atoms with van der Waals surface area (Å²) >= 11 is 5.95. The second kappa shape index (κ2) is 7.93. The minimum Gasteiger partial charge on any atom is -0.489 e. The molecule has 106 valence electrons. The van der Waals surface area contributed by atoms with Crippen molar-refractivity contribution in [3.05, 3.63) is 64.7 Å². The molecule has 2 nitrogen and oxygen atoms in total. The molecule has 0 aromatic heterocycles. The van der Waals surface area contributed by atoms with Gasteiger partial charge < -0.3 is 4.74 Å².